The number of allylic oxidation sites excluding steroid dienone is 7. The quantitative estimate of drug-likeness (QED) is 0.554. The van der Waals surface area contributed by atoms with Crippen LogP contribution in [0.3, 0.4) is 0 Å². The Morgan fingerprint density at radius 3 is 2.58 bits per heavy atom. The molecule has 0 aromatic rings. The van der Waals surface area contributed by atoms with Crippen LogP contribution in [0.1, 0.15) is 20.3 Å². The molecule has 0 heterocycles. The molecule has 0 unspecified atom stereocenters. The Morgan fingerprint density at radius 2 is 2.00 bits per heavy atom. The van der Waals surface area contributed by atoms with Gasteiger partial charge in [0.1, 0.15) is 5.83 Å². The van der Waals surface area contributed by atoms with E-state index in [0.717, 1.165) is 17.6 Å². The number of hydrogen-bond donors (Lipinski definition) is 0. The third-order valence-corrected chi connectivity index (χ3v) is 1.84. The normalized spacial score (nSPS) is 17.9. The Kier molecular flexibility index (Phi) is 2.64. The van der Waals surface area contributed by atoms with E-state index < -0.39 is 0 Å². The van der Waals surface area contributed by atoms with Gasteiger partial charge in [-0.05, 0) is 31.1 Å². The molecule has 12 heavy (non-hydrogen) atoms. The molecular formula is C11H13F. The van der Waals surface area contributed by atoms with Crippen molar-refractivity contribution in [2.75, 3.05) is 0 Å². The molecule has 0 aromatic carbocycles. The molecule has 0 aromatic heterocycles. The summed E-state index contributed by atoms with van der Waals surface area (Å²) in [6.07, 6.45) is 6.15. The standard InChI is InChI=1S/C11H13F/c1-4-10-6-8(2)5-9(3)11(12)7-10/h5-7H,3-4H2,1-2H3. The molecule has 0 aliphatic heterocycles. The Bertz CT molecular complexity index is 290. The average Bonchev–Trinajstić information content (AvgIpc) is 2.12. The fraction of sp³-hybridized carbons (Fsp3) is 0.273. The fourth-order valence-corrected chi connectivity index (χ4v) is 1.18. The lowest BCUT2D eigenvalue weighted by atomic mass is 10.1. The van der Waals surface area contributed by atoms with E-state index in [1.807, 2.05) is 19.9 Å². The van der Waals surface area contributed by atoms with Gasteiger partial charge in [-0.3, -0.25) is 0 Å². The molecule has 0 saturated carbocycles. The highest BCUT2D eigenvalue weighted by atomic mass is 19.1. The lowest BCUT2D eigenvalue weighted by molar-refractivity contribution is 0.656. The highest BCUT2D eigenvalue weighted by molar-refractivity contribution is 5.46. The van der Waals surface area contributed by atoms with Crippen molar-refractivity contribution >= 4 is 0 Å². The monoisotopic (exact) mass is 164 g/mol. The molecule has 0 fully saturated rings. The zero-order valence-electron chi connectivity index (χ0n) is 7.52. The van der Waals surface area contributed by atoms with Crippen molar-refractivity contribution in [3.8, 4) is 0 Å². The molecule has 1 aliphatic rings. The zero-order chi connectivity index (χ0) is 9.14. The second-order valence-electron chi connectivity index (χ2n) is 2.98. The first-order valence-corrected chi connectivity index (χ1v) is 4.09. The molecule has 0 atom stereocenters. The molecule has 0 bridgehead atoms. The highest BCUT2D eigenvalue weighted by Crippen LogP contribution is 2.22. The smallest absolute Gasteiger partial charge is 0.130 e. The van der Waals surface area contributed by atoms with Gasteiger partial charge in [-0.25, -0.2) is 4.39 Å². The maximum Gasteiger partial charge on any atom is 0.130 e. The van der Waals surface area contributed by atoms with Crippen molar-refractivity contribution in [2.24, 2.45) is 0 Å². The summed E-state index contributed by atoms with van der Waals surface area (Å²) in [5.74, 6) is -0.222. The average molecular weight is 164 g/mol. The molecule has 0 nitrogen and oxygen atoms in total. The van der Waals surface area contributed by atoms with Gasteiger partial charge in [-0.15, -0.1) is 0 Å². The van der Waals surface area contributed by atoms with E-state index in [2.05, 4.69) is 6.58 Å². The van der Waals surface area contributed by atoms with Crippen molar-refractivity contribution in [1.82, 2.24) is 0 Å². The molecule has 0 N–H and O–H groups in total. The maximum absolute atomic E-state index is 13.1. The van der Waals surface area contributed by atoms with Gasteiger partial charge >= 0.3 is 0 Å². The van der Waals surface area contributed by atoms with Crippen LogP contribution in [0.25, 0.3) is 0 Å². The first-order valence-electron chi connectivity index (χ1n) is 4.09. The van der Waals surface area contributed by atoms with E-state index in [-0.39, 0.29) is 5.83 Å². The van der Waals surface area contributed by atoms with Crippen LogP contribution >= 0.6 is 0 Å². The summed E-state index contributed by atoms with van der Waals surface area (Å²) in [5.41, 5.74) is 2.54. The van der Waals surface area contributed by atoms with Crippen LogP contribution in [0, 0.1) is 0 Å². The van der Waals surface area contributed by atoms with Crippen LogP contribution < -0.4 is 0 Å². The van der Waals surface area contributed by atoms with Gasteiger partial charge in [0.2, 0.25) is 0 Å². The lowest BCUT2D eigenvalue weighted by Crippen LogP contribution is -1.76. The molecule has 0 saturated heterocycles. The van der Waals surface area contributed by atoms with Crippen LogP contribution in [0.15, 0.2) is 47.4 Å². The number of hydrogen-bond acceptors (Lipinski definition) is 0. The predicted molar refractivity (Wildman–Crippen MR) is 50.5 cm³/mol. The lowest BCUT2D eigenvalue weighted by Gasteiger charge is -1.94. The van der Waals surface area contributed by atoms with E-state index in [1.54, 1.807) is 12.2 Å². The van der Waals surface area contributed by atoms with Crippen molar-refractivity contribution in [3.63, 3.8) is 0 Å². The maximum atomic E-state index is 13.1. The molecule has 1 rings (SSSR count). The molecule has 1 aliphatic carbocycles. The van der Waals surface area contributed by atoms with Crippen LogP contribution in [-0.2, 0) is 0 Å². The van der Waals surface area contributed by atoms with E-state index in [0.29, 0.717) is 5.57 Å². The largest absolute Gasteiger partial charge is 0.206 e. The van der Waals surface area contributed by atoms with Crippen molar-refractivity contribution < 1.29 is 4.39 Å². The molecular weight excluding hydrogens is 151 g/mol. The minimum absolute atomic E-state index is 0.222. The third-order valence-electron chi connectivity index (χ3n) is 1.84. The molecule has 1 heteroatoms. The van der Waals surface area contributed by atoms with Gasteiger partial charge in [0, 0.05) is 5.57 Å². The Hall–Kier alpha value is -1.11. The summed E-state index contributed by atoms with van der Waals surface area (Å²) in [5, 5.41) is 0. The van der Waals surface area contributed by atoms with E-state index >= 15 is 0 Å². The summed E-state index contributed by atoms with van der Waals surface area (Å²) in [6, 6.07) is 0. The number of halogens is 1. The first-order chi connectivity index (χ1) is 5.63. The van der Waals surface area contributed by atoms with Crippen LogP contribution in [0.2, 0.25) is 0 Å². The predicted octanol–water partition coefficient (Wildman–Crippen LogP) is 3.69. The first kappa shape index (κ1) is 8.98. The minimum atomic E-state index is -0.222. The van der Waals surface area contributed by atoms with Crippen LogP contribution in [-0.4, -0.2) is 0 Å². The van der Waals surface area contributed by atoms with Gasteiger partial charge < -0.3 is 0 Å². The second-order valence-corrected chi connectivity index (χ2v) is 2.98. The molecule has 0 radical (unpaired) electrons. The van der Waals surface area contributed by atoms with Crippen LogP contribution in [0.5, 0.6) is 0 Å². The van der Waals surface area contributed by atoms with Gasteiger partial charge in [0.15, 0.2) is 0 Å². The third kappa shape index (κ3) is 1.94. The zero-order valence-corrected chi connectivity index (χ0v) is 7.52. The summed E-state index contributed by atoms with van der Waals surface area (Å²) in [7, 11) is 0. The van der Waals surface area contributed by atoms with E-state index in [4.69, 9.17) is 0 Å². The van der Waals surface area contributed by atoms with Gasteiger partial charge in [0.05, 0.1) is 0 Å². The fourth-order valence-electron chi connectivity index (χ4n) is 1.18. The van der Waals surface area contributed by atoms with Crippen molar-refractivity contribution in [3.05, 3.63) is 47.4 Å². The minimum Gasteiger partial charge on any atom is -0.206 e. The van der Waals surface area contributed by atoms with Gasteiger partial charge in [-0.2, -0.15) is 0 Å². The Labute approximate surface area is 72.8 Å². The van der Waals surface area contributed by atoms with Crippen molar-refractivity contribution in [1.29, 1.82) is 0 Å². The Balaban J connectivity index is 3.07. The summed E-state index contributed by atoms with van der Waals surface area (Å²) < 4.78 is 13.1. The van der Waals surface area contributed by atoms with Crippen molar-refractivity contribution in [2.45, 2.75) is 20.3 Å². The topological polar surface area (TPSA) is 0 Å². The summed E-state index contributed by atoms with van der Waals surface area (Å²) >= 11 is 0. The molecule has 0 spiro atoms. The van der Waals surface area contributed by atoms with Gasteiger partial charge in [-0.1, -0.05) is 25.2 Å². The SMILES string of the molecule is C=C1C=C(C)C=C(CC)C=C1F. The molecule has 64 valence electrons. The molecule has 0 amide bonds. The summed E-state index contributed by atoms with van der Waals surface area (Å²) in [6.45, 7) is 7.58. The highest BCUT2D eigenvalue weighted by Gasteiger charge is 2.04. The van der Waals surface area contributed by atoms with E-state index in [9.17, 15) is 4.39 Å². The summed E-state index contributed by atoms with van der Waals surface area (Å²) in [4.78, 5) is 0. The number of rotatable bonds is 1. The Morgan fingerprint density at radius 1 is 1.33 bits per heavy atom. The second kappa shape index (κ2) is 3.53. The van der Waals surface area contributed by atoms with Gasteiger partial charge in [0.25, 0.3) is 0 Å². The van der Waals surface area contributed by atoms with E-state index in [1.165, 1.54) is 0 Å². The van der Waals surface area contributed by atoms with Crippen LogP contribution in [0.4, 0.5) is 4.39 Å².